The molecule has 5 nitrogen and oxygen atoms in total. The van der Waals surface area contributed by atoms with Crippen molar-refractivity contribution in [2.75, 3.05) is 53.1 Å². The molecule has 1 aliphatic rings. The number of hydrogen-bond donors (Lipinski definition) is 1. The van der Waals surface area contributed by atoms with Crippen LogP contribution in [-0.4, -0.2) is 64.0 Å². The van der Waals surface area contributed by atoms with Gasteiger partial charge in [0.25, 0.3) is 0 Å². The second kappa shape index (κ2) is 14.2. The average molecular weight is 489 g/mol. The molecule has 2 rings (SSSR count). The predicted octanol–water partition coefficient (Wildman–Crippen LogP) is 3.36. The van der Waals surface area contributed by atoms with Gasteiger partial charge in [-0.05, 0) is 37.3 Å². The number of methoxy groups -OCH3 is 1. The van der Waals surface area contributed by atoms with E-state index in [0.29, 0.717) is 19.1 Å². The first-order valence-electron chi connectivity index (χ1n) is 9.94. The van der Waals surface area contributed by atoms with Crippen LogP contribution >= 0.6 is 24.0 Å². The van der Waals surface area contributed by atoms with Crippen LogP contribution in [0.15, 0.2) is 29.3 Å². The Kier molecular flexibility index (Phi) is 12.7. The van der Waals surface area contributed by atoms with Gasteiger partial charge in [-0.3, -0.25) is 4.99 Å². The molecule has 6 heteroatoms. The fourth-order valence-corrected chi connectivity index (χ4v) is 3.21. The van der Waals surface area contributed by atoms with E-state index in [0.717, 1.165) is 58.0 Å². The maximum absolute atomic E-state index is 5.69. The van der Waals surface area contributed by atoms with Crippen LogP contribution in [-0.2, 0) is 22.3 Å². The zero-order valence-corrected chi connectivity index (χ0v) is 19.4. The summed E-state index contributed by atoms with van der Waals surface area (Å²) in [5.41, 5.74) is 2.74. The first-order chi connectivity index (χ1) is 12.8. The summed E-state index contributed by atoms with van der Waals surface area (Å²) in [6, 6.07) is 8.90. The molecule has 1 atom stereocenters. The largest absolute Gasteiger partial charge is 0.382 e. The highest BCUT2D eigenvalue weighted by Gasteiger charge is 2.24. The van der Waals surface area contributed by atoms with E-state index in [-0.39, 0.29) is 24.0 Å². The third-order valence-corrected chi connectivity index (χ3v) is 4.80. The Balaban J connectivity index is 0.00000364. The maximum atomic E-state index is 5.69. The lowest BCUT2D eigenvalue weighted by Gasteiger charge is -2.21. The molecule has 1 aromatic rings. The molecule has 27 heavy (non-hydrogen) atoms. The lowest BCUT2D eigenvalue weighted by Crippen LogP contribution is -2.40. The number of hydrogen-bond acceptors (Lipinski definition) is 3. The van der Waals surface area contributed by atoms with Crippen molar-refractivity contribution in [3.05, 3.63) is 35.4 Å². The van der Waals surface area contributed by atoms with E-state index in [2.05, 4.69) is 48.3 Å². The van der Waals surface area contributed by atoms with Crippen LogP contribution in [0.4, 0.5) is 0 Å². The monoisotopic (exact) mass is 489 g/mol. The number of ether oxygens (including phenoxy) is 2. The van der Waals surface area contributed by atoms with Gasteiger partial charge in [0, 0.05) is 39.2 Å². The molecule has 0 aromatic heterocycles. The Bertz CT molecular complexity index is 537. The van der Waals surface area contributed by atoms with E-state index in [1.165, 1.54) is 11.1 Å². The van der Waals surface area contributed by atoms with Crippen molar-refractivity contribution in [1.82, 2.24) is 10.2 Å². The molecule has 1 N–H and O–H groups in total. The van der Waals surface area contributed by atoms with Gasteiger partial charge in [-0.1, -0.05) is 31.2 Å². The van der Waals surface area contributed by atoms with Gasteiger partial charge in [-0.15, -0.1) is 24.0 Å². The van der Waals surface area contributed by atoms with Gasteiger partial charge < -0.3 is 19.7 Å². The van der Waals surface area contributed by atoms with Crippen molar-refractivity contribution in [2.24, 2.45) is 10.9 Å². The fraction of sp³-hybridized carbons (Fsp3) is 0.667. The number of nitrogens with zero attached hydrogens (tertiary/aromatic N) is 2. The minimum atomic E-state index is 0. The summed E-state index contributed by atoms with van der Waals surface area (Å²) < 4.78 is 10.7. The molecule has 1 unspecified atom stereocenters. The summed E-state index contributed by atoms with van der Waals surface area (Å²) >= 11 is 0. The summed E-state index contributed by atoms with van der Waals surface area (Å²) in [5, 5.41) is 3.44. The van der Waals surface area contributed by atoms with Crippen molar-refractivity contribution in [3.8, 4) is 0 Å². The molecule has 0 spiro atoms. The number of aliphatic imine (C=N–C) groups is 1. The summed E-state index contributed by atoms with van der Waals surface area (Å²) in [7, 11) is 1.71. The number of benzene rings is 1. The molecule has 1 saturated heterocycles. The molecule has 0 bridgehead atoms. The highest BCUT2D eigenvalue weighted by atomic mass is 127. The molecule has 1 aromatic carbocycles. The second-order valence-electron chi connectivity index (χ2n) is 6.82. The highest BCUT2D eigenvalue weighted by molar-refractivity contribution is 14.0. The lowest BCUT2D eigenvalue weighted by atomic mass is 10.1. The molecule has 0 radical (unpaired) electrons. The van der Waals surface area contributed by atoms with E-state index < -0.39 is 0 Å². The highest BCUT2D eigenvalue weighted by Crippen LogP contribution is 2.16. The van der Waals surface area contributed by atoms with Crippen molar-refractivity contribution in [1.29, 1.82) is 0 Å². The normalized spacial score (nSPS) is 17.1. The molecular formula is C21H36IN3O2. The van der Waals surface area contributed by atoms with Crippen molar-refractivity contribution >= 4 is 29.9 Å². The minimum Gasteiger partial charge on any atom is -0.382 e. The quantitative estimate of drug-likeness (QED) is 0.237. The maximum Gasteiger partial charge on any atom is 0.193 e. The number of guanidine groups is 1. The van der Waals surface area contributed by atoms with Gasteiger partial charge in [0.15, 0.2) is 5.96 Å². The third kappa shape index (κ3) is 8.79. The number of likely N-dealkylation sites (tertiary alicyclic amines) is 1. The molecule has 1 aliphatic heterocycles. The van der Waals surface area contributed by atoms with Crippen molar-refractivity contribution in [2.45, 2.75) is 33.1 Å². The van der Waals surface area contributed by atoms with Crippen LogP contribution < -0.4 is 5.32 Å². The van der Waals surface area contributed by atoms with Gasteiger partial charge in [0.1, 0.15) is 0 Å². The second-order valence-corrected chi connectivity index (χ2v) is 6.82. The SMILES string of the molecule is CCNC(=NCCc1ccc(CC)cc1)N1CCC(COCCOC)C1.I. The van der Waals surface area contributed by atoms with E-state index in [4.69, 9.17) is 14.5 Å². The van der Waals surface area contributed by atoms with Crippen molar-refractivity contribution in [3.63, 3.8) is 0 Å². The van der Waals surface area contributed by atoms with Crippen LogP contribution in [0.3, 0.4) is 0 Å². The van der Waals surface area contributed by atoms with Crippen molar-refractivity contribution < 1.29 is 9.47 Å². The summed E-state index contributed by atoms with van der Waals surface area (Å²) in [6.45, 7) is 10.3. The Labute approximate surface area is 181 Å². The number of rotatable bonds is 10. The molecule has 154 valence electrons. The first kappa shape index (κ1) is 24.2. The molecule has 0 aliphatic carbocycles. The number of nitrogens with one attached hydrogen (secondary N) is 1. The van der Waals surface area contributed by atoms with Crippen LogP contribution in [0.2, 0.25) is 0 Å². The number of halogens is 1. The van der Waals surface area contributed by atoms with Gasteiger partial charge in [0.05, 0.1) is 19.8 Å². The van der Waals surface area contributed by atoms with Crippen LogP contribution in [0.25, 0.3) is 0 Å². The fourth-order valence-electron chi connectivity index (χ4n) is 3.21. The molecule has 0 saturated carbocycles. The van der Waals surface area contributed by atoms with Crippen LogP contribution in [0.1, 0.15) is 31.4 Å². The topological polar surface area (TPSA) is 46.1 Å². The molecular weight excluding hydrogens is 453 g/mol. The summed E-state index contributed by atoms with van der Waals surface area (Å²) in [4.78, 5) is 7.22. The standard InChI is InChI=1S/C21H35N3O2.HI/c1-4-18-6-8-19(9-7-18)10-12-23-21(22-5-2)24-13-11-20(16-24)17-26-15-14-25-3;/h6-9,20H,4-5,10-17H2,1-3H3,(H,22,23);1H. The van der Waals surface area contributed by atoms with Gasteiger partial charge in [-0.2, -0.15) is 0 Å². The number of aryl methyl sites for hydroxylation is 1. The first-order valence-corrected chi connectivity index (χ1v) is 9.94. The lowest BCUT2D eigenvalue weighted by molar-refractivity contribution is 0.0536. The van der Waals surface area contributed by atoms with Crippen LogP contribution in [0.5, 0.6) is 0 Å². The summed E-state index contributed by atoms with van der Waals surface area (Å²) in [5.74, 6) is 1.62. The Morgan fingerprint density at radius 1 is 1.19 bits per heavy atom. The smallest absolute Gasteiger partial charge is 0.193 e. The van der Waals surface area contributed by atoms with E-state index in [1.807, 2.05) is 0 Å². The molecule has 1 heterocycles. The Morgan fingerprint density at radius 3 is 2.59 bits per heavy atom. The summed E-state index contributed by atoms with van der Waals surface area (Å²) in [6.07, 6.45) is 3.24. The van der Waals surface area contributed by atoms with Gasteiger partial charge in [-0.25, -0.2) is 0 Å². The third-order valence-electron chi connectivity index (χ3n) is 4.80. The van der Waals surface area contributed by atoms with E-state index in [1.54, 1.807) is 7.11 Å². The Hall–Kier alpha value is -0.860. The van der Waals surface area contributed by atoms with E-state index >= 15 is 0 Å². The molecule has 1 fully saturated rings. The van der Waals surface area contributed by atoms with E-state index in [9.17, 15) is 0 Å². The van der Waals surface area contributed by atoms with Gasteiger partial charge in [0.2, 0.25) is 0 Å². The van der Waals surface area contributed by atoms with Crippen LogP contribution in [0, 0.1) is 5.92 Å². The predicted molar refractivity (Wildman–Crippen MR) is 123 cm³/mol. The zero-order valence-electron chi connectivity index (χ0n) is 17.1. The zero-order chi connectivity index (χ0) is 18.6. The van der Waals surface area contributed by atoms with Gasteiger partial charge >= 0.3 is 0 Å². The molecule has 0 amide bonds. The Morgan fingerprint density at radius 2 is 1.93 bits per heavy atom. The minimum absolute atomic E-state index is 0. The average Bonchev–Trinajstić information content (AvgIpc) is 3.14.